The molecule has 132 valence electrons. The van der Waals surface area contributed by atoms with Crippen LogP contribution in [-0.4, -0.2) is 0 Å². The topological polar surface area (TPSA) is 0 Å². The lowest BCUT2D eigenvalue weighted by molar-refractivity contribution is 0.759. The Kier molecular flexibility index (Phi) is 6.44. The molecule has 0 fully saturated rings. The zero-order valence-electron chi connectivity index (χ0n) is 15.9. The van der Waals surface area contributed by atoms with Gasteiger partial charge < -0.3 is 0 Å². The summed E-state index contributed by atoms with van der Waals surface area (Å²) in [5.74, 6) is 0.541. The lowest BCUT2D eigenvalue weighted by atomic mass is 9.93. The minimum absolute atomic E-state index is 0.541. The second-order valence-corrected chi connectivity index (χ2v) is 7.08. The van der Waals surface area contributed by atoms with Crippen LogP contribution in [0.1, 0.15) is 54.0 Å². The fourth-order valence-electron chi connectivity index (χ4n) is 3.29. The molecule has 0 radical (unpaired) electrons. The van der Waals surface area contributed by atoms with Crippen molar-refractivity contribution < 1.29 is 0 Å². The molecule has 1 atom stereocenters. The highest BCUT2D eigenvalue weighted by Gasteiger charge is 2.05. The number of hydrogen-bond acceptors (Lipinski definition) is 0. The molecule has 0 heterocycles. The van der Waals surface area contributed by atoms with E-state index in [1.807, 2.05) is 0 Å². The van der Waals surface area contributed by atoms with Crippen LogP contribution in [0.5, 0.6) is 0 Å². The maximum atomic E-state index is 2.30. The van der Waals surface area contributed by atoms with Crippen LogP contribution in [0, 0.1) is 0 Å². The van der Waals surface area contributed by atoms with E-state index >= 15 is 0 Å². The van der Waals surface area contributed by atoms with E-state index in [9.17, 15) is 0 Å². The molecule has 0 aliphatic heterocycles. The third kappa shape index (κ3) is 5.20. The Morgan fingerprint density at radius 1 is 0.692 bits per heavy atom. The van der Waals surface area contributed by atoms with E-state index in [1.54, 1.807) is 0 Å². The van der Waals surface area contributed by atoms with Crippen LogP contribution in [-0.2, 0) is 12.8 Å². The SMILES string of the molecule is CCCc1ccc(/C=C/c2ccc(CC(C)c3ccccc3)cc2)cc1. The van der Waals surface area contributed by atoms with Crippen molar-refractivity contribution in [2.75, 3.05) is 0 Å². The minimum Gasteiger partial charge on any atom is -0.0651 e. The van der Waals surface area contributed by atoms with Crippen LogP contribution in [0.15, 0.2) is 78.9 Å². The highest BCUT2D eigenvalue weighted by Crippen LogP contribution is 2.20. The summed E-state index contributed by atoms with van der Waals surface area (Å²) in [4.78, 5) is 0. The molecule has 1 unspecified atom stereocenters. The average Bonchev–Trinajstić information content (AvgIpc) is 2.69. The van der Waals surface area contributed by atoms with Gasteiger partial charge in [-0.1, -0.05) is 111 Å². The minimum atomic E-state index is 0.541. The van der Waals surface area contributed by atoms with Gasteiger partial charge >= 0.3 is 0 Å². The Bertz CT molecular complexity index is 808. The quantitative estimate of drug-likeness (QED) is 0.400. The Morgan fingerprint density at radius 2 is 1.23 bits per heavy atom. The van der Waals surface area contributed by atoms with Crippen molar-refractivity contribution in [3.63, 3.8) is 0 Å². The molecule has 0 bridgehead atoms. The van der Waals surface area contributed by atoms with Crippen LogP contribution in [0.25, 0.3) is 12.2 Å². The van der Waals surface area contributed by atoms with Gasteiger partial charge in [-0.05, 0) is 46.6 Å². The zero-order chi connectivity index (χ0) is 18.2. The Balaban J connectivity index is 1.60. The van der Waals surface area contributed by atoms with Gasteiger partial charge in [0.2, 0.25) is 0 Å². The fourth-order valence-corrected chi connectivity index (χ4v) is 3.29. The molecular formula is C26H28. The number of rotatable bonds is 7. The van der Waals surface area contributed by atoms with Crippen LogP contribution in [0.3, 0.4) is 0 Å². The molecule has 3 aromatic rings. The van der Waals surface area contributed by atoms with E-state index in [2.05, 4.69) is 105 Å². The molecule has 0 nitrogen and oxygen atoms in total. The van der Waals surface area contributed by atoms with Crippen molar-refractivity contribution in [1.29, 1.82) is 0 Å². The first-order valence-electron chi connectivity index (χ1n) is 9.65. The lowest BCUT2D eigenvalue weighted by Gasteiger charge is -2.12. The Labute approximate surface area is 158 Å². The van der Waals surface area contributed by atoms with Gasteiger partial charge in [0.25, 0.3) is 0 Å². The summed E-state index contributed by atoms with van der Waals surface area (Å²) in [7, 11) is 0. The van der Waals surface area contributed by atoms with Gasteiger partial charge in [-0.2, -0.15) is 0 Å². The average molecular weight is 341 g/mol. The summed E-state index contributed by atoms with van der Waals surface area (Å²) < 4.78 is 0. The Hall–Kier alpha value is -2.60. The zero-order valence-corrected chi connectivity index (χ0v) is 15.9. The predicted octanol–water partition coefficient (Wildman–Crippen LogP) is 7.16. The molecule has 0 aromatic heterocycles. The largest absolute Gasteiger partial charge is 0.0651 e. The van der Waals surface area contributed by atoms with Gasteiger partial charge in [0.05, 0.1) is 0 Å². The summed E-state index contributed by atoms with van der Waals surface area (Å²) in [6.45, 7) is 4.52. The summed E-state index contributed by atoms with van der Waals surface area (Å²) in [6, 6.07) is 28.6. The van der Waals surface area contributed by atoms with E-state index in [4.69, 9.17) is 0 Å². The lowest BCUT2D eigenvalue weighted by Crippen LogP contribution is -1.98. The second-order valence-electron chi connectivity index (χ2n) is 7.08. The van der Waals surface area contributed by atoms with Gasteiger partial charge in [-0.25, -0.2) is 0 Å². The van der Waals surface area contributed by atoms with Gasteiger partial charge in [-0.15, -0.1) is 0 Å². The summed E-state index contributed by atoms with van der Waals surface area (Å²) in [6.07, 6.45) is 7.82. The van der Waals surface area contributed by atoms with Crippen LogP contribution in [0.4, 0.5) is 0 Å². The Morgan fingerprint density at radius 3 is 1.77 bits per heavy atom. The molecule has 0 aliphatic rings. The molecular weight excluding hydrogens is 312 g/mol. The van der Waals surface area contributed by atoms with E-state index < -0.39 is 0 Å². The van der Waals surface area contributed by atoms with E-state index in [0.717, 1.165) is 12.8 Å². The van der Waals surface area contributed by atoms with Crippen molar-refractivity contribution in [2.45, 2.75) is 39.0 Å². The first-order valence-corrected chi connectivity index (χ1v) is 9.65. The molecule has 0 spiro atoms. The monoisotopic (exact) mass is 340 g/mol. The summed E-state index contributed by atoms with van der Waals surface area (Å²) in [5.41, 5.74) is 6.72. The van der Waals surface area contributed by atoms with Gasteiger partial charge in [0.1, 0.15) is 0 Å². The van der Waals surface area contributed by atoms with Crippen molar-refractivity contribution >= 4 is 12.2 Å². The fraction of sp³-hybridized carbons (Fsp3) is 0.231. The molecule has 0 heteroatoms. The maximum Gasteiger partial charge on any atom is -0.0150 e. The number of benzene rings is 3. The molecule has 3 rings (SSSR count). The molecule has 0 saturated carbocycles. The molecule has 0 amide bonds. The van der Waals surface area contributed by atoms with Crippen LogP contribution in [0.2, 0.25) is 0 Å². The molecule has 3 aromatic carbocycles. The van der Waals surface area contributed by atoms with Crippen molar-refractivity contribution in [2.24, 2.45) is 0 Å². The van der Waals surface area contributed by atoms with Gasteiger partial charge in [0.15, 0.2) is 0 Å². The van der Waals surface area contributed by atoms with Crippen LogP contribution >= 0.6 is 0 Å². The molecule has 0 saturated heterocycles. The molecule has 26 heavy (non-hydrogen) atoms. The molecule has 0 aliphatic carbocycles. The third-order valence-electron chi connectivity index (χ3n) is 4.88. The number of hydrogen-bond donors (Lipinski definition) is 0. The maximum absolute atomic E-state index is 2.30. The first-order chi connectivity index (χ1) is 12.7. The van der Waals surface area contributed by atoms with Crippen molar-refractivity contribution in [3.05, 3.63) is 107 Å². The smallest absolute Gasteiger partial charge is 0.0150 e. The first kappa shape index (κ1) is 18.2. The van der Waals surface area contributed by atoms with Gasteiger partial charge in [0, 0.05) is 0 Å². The normalized spacial score (nSPS) is 12.4. The van der Waals surface area contributed by atoms with E-state index in [0.29, 0.717) is 5.92 Å². The third-order valence-corrected chi connectivity index (χ3v) is 4.88. The number of aryl methyl sites for hydroxylation is 1. The predicted molar refractivity (Wildman–Crippen MR) is 114 cm³/mol. The molecule has 0 N–H and O–H groups in total. The van der Waals surface area contributed by atoms with Gasteiger partial charge in [-0.3, -0.25) is 0 Å². The second kappa shape index (κ2) is 9.20. The van der Waals surface area contributed by atoms with E-state index in [1.165, 1.54) is 34.2 Å². The summed E-state index contributed by atoms with van der Waals surface area (Å²) in [5, 5.41) is 0. The van der Waals surface area contributed by atoms with Crippen molar-refractivity contribution in [1.82, 2.24) is 0 Å². The van der Waals surface area contributed by atoms with E-state index in [-0.39, 0.29) is 0 Å². The highest BCUT2D eigenvalue weighted by molar-refractivity contribution is 5.69. The van der Waals surface area contributed by atoms with Crippen LogP contribution < -0.4 is 0 Å². The highest BCUT2D eigenvalue weighted by atomic mass is 14.1. The standard InChI is InChI=1S/C26H28/c1-3-7-22-10-12-23(13-11-22)14-15-24-16-18-25(19-17-24)20-21(2)26-8-5-4-6-9-26/h4-6,8-19,21H,3,7,20H2,1-2H3/b15-14+. The van der Waals surface area contributed by atoms with Crippen molar-refractivity contribution in [3.8, 4) is 0 Å². The summed E-state index contributed by atoms with van der Waals surface area (Å²) >= 11 is 0.